The molecular formula is C12H19NO. The van der Waals surface area contributed by atoms with Crippen molar-refractivity contribution in [2.24, 2.45) is 0 Å². The van der Waals surface area contributed by atoms with Crippen LogP contribution in [0.25, 0.3) is 0 Å². The number of phenols is 1. The maximum absolute atomic E-state index is 9.47. The molecule has 1 aromatic carbocycles. The Labute approximate surface area is 86.0 Å². The minimum Gasteiger partial charge on any atom is -0.508 e. The third-order valence-corrected chi connectivity index (χ3v) is 2.26. The van der Waals surface area contributed by atoms with E-state index in [1.807, 2.05) is 18.2 Å². The number of aromatic hydroxyl groups is 1. The summed E-state index contributed by atoms with van der Waals surface area (Å²) in [5.74, 6) is 0.385. The SMILES string of the molecule is CCCCCNCc1ccccc1O. The average molecular weight is 193 g/mol. The lowest BCUT2D eigenvalue weighted by Crippen LogP contribution is -2.14. The first kappa shape index (κ1) is 11.1. The first-order valence-electron chi connectivity index (χ1n) is 5.32. The minimum absolute atomic E-state index is 0.385. The van der Waals surface area contributed by atoms with Gasteiger partial charge in [-0.3, -0.25) is 0 Å². The first-order valence-corrected chi connectivity index (χ1v) is 5.32. The molecule has 0 aliphatic heterocycles. The lowest BCUT2D eigenvalue weighted by atomic mass is 10.2. The van der Waals surface area contributed by atoms with Gasteiger partial charge in [0.05, 0.1) is 0 Å². The number of nitrogens with one attached hydrogen (secondary N) is 1. The van der Waals surface area contributed by atoms with Gasteiger partial charge in [-0.15, -0.1) is 0 Å². The molecule has 0 radical (unpaired) electrons. The highest BCUT2D eigenvalue weighted by Gasteiger charge is 1.97. The Morgan fingerprint density at radius 3 is 2.71 bits per heavy atom. The monoisotopic (exact) mass is 193 g/mol. The van der Waals surface area contributed by atoms with E-state index in [0.717, 1.165) is 18.7 Å². The van der Waals surface area contributed by atoms with E-state index in [-0.39, 0.29) is 0 Å². The maximum Gasteiger partial charge on any atom is 0.120 e. The number of para-hydroxylation sites is 1. The van der Waals surface area contributed by atoms with Crippen molar-refractivity contribution >= 4 is 0 Å². The van der Waals surface area contributed by atoms with Crippen molar-refractivity contribution in [3.8, 4) is 5.75 Å². The molecule has 0 aromatic heterocycles. The molecule has 0 bridgehead atoms. The van der Waals surface area contributed by atoms with E-state index in [0.29, 0.717) is 5.75 Å². The van der Waals surface area contributed by atoms with Gasteiger partial charge >= 0.3 is 0 Å². The van der Waals surface area contributed by atoms with Gasteiger partial charge in [0, 0.05) is 12.1 Å². The van der Waals surface area contributed by atoms with Crippen molar-refractivity contribution in [2.75, 3.05) is 6.54 Å². The predicted octanol–water partition coefficient (Wildman–Crippen LogP) is 2.67. The molecule has 14 heavy (non-hydrogen) atoms. The Bertz CT molecular complexity index is 260. The van der Waals surface area contributed by atoms with E-state index in [9.17, 15) is 5.11 Å². The summed E-state index contributed by atoms with van der Waals surface area (Å²) in [4.78, 5) is 0. The summed E-state index contributed by atoms with van der Waals surface area (Å²) >= 11 is 0. The second kappa shape index (κ2) is 6.44. The third kappa shape index (κ3) is 3.79. The fourth-order valence-electron chi connectivity index (χ4n) is 1.38. The third-order valence-electron chi connectivity index (χ3n) is 2.26. The Balaban J connectivity index is 2.21. The van der Waals surface area contributed by atoms with E-state index < -0.39 is 0 Å². The average Bonchev–Trinajstić information content (AvgIpc) is 2.20. The molecule has 0 amide bonds. The number of rotatable bonds is 6. The van der Waals surface area contributed by atoms with E-state index in [2.05, 4.69) is 12.2 Å². The van der Waals surface area contributed by atoms with Crippen LogP contribution in [0.1, 0.15) is 31.7 Å². The van der Waals surface area contributed by atoms with E-state index in [1.54, 1.807) is 6.07 Å². The van der Waals surface area contributed by atoms with Gasteiger partial charge in [-0.2, -0.15) is 0 Å². The highest BCUT2D eigenvalue weighted by Crippen LogP contribution is 2.14. The normalized spacial score (nSPS) is 10.4. The van der Waals surface area contributed by atoms with Crippen LogP contribution < -0.4 is 5.32 Å². The zero-order chi connectivity index (χ0) is 10.2. The molecular weight excluding hydrogens is 174 g/mol. The Kier molecular flexibility index (Phi) is 5.08. The van der Waals surface area contributed by atoms with Gasteiger partial charge in [-0.1, -0.05) is 38.0 Å². The zero-order valence-corrected chi connectivity index (χ0v) is 8.79. The molecule has 0 aliphatic rings. The quantitative estimate of drug-likeness (QED) is 0.681. The highest BCUT2D eigenvalue weighted by atomic mass is 16.3. The molecule has 0 heterocycles. The molecule has 0 saturated heterocycles. The molecule has 2 N–H and O–H groups in total. The molecule has 78 valence electrons. The van der Waals surface area contributed by atoms with Gasteiger partial charge in [0.1, 0.15) is 5.75 Å². The summed E-state index contributed by atoms with van der Waals surface area (Å²) in [6, 6.07) is 7.46. The largest absolute Gasteiger partial charge is 0.508 e. The van der Waals surface area contributed by atoms with Crippen molar-refractivity contribution in [3.05, 3.63) is 29.8 Å². The lowest BCUT2D eigenvalue weighted by Gasteiger charge is -2.05. The molecule has 0 atom stereocenters. The lowest BCUT2D eigenvalue weighted by molar-refractivity contribution is 0.464. The van der Waals surface area contributed by atoms with Crippen molar-refractivity contribution in [1.29, 1.82) is 0 Å². The van der Waals surface area contributed by atoms with E-state index >= 15 is 0 Å². The first-order chi connectivity index (χ1) is 6.84. The van der Waals surface area contributed by atoms with E-state index in [1.165, 1.54) is 19.3 Å². The van der Waals surface area contributed by atoms with Crippen LogP contribution in [0, 0.1) is 0 Å². The summed E-state index contributed by atoms with van der Waals surface area (Å²) in [5.41, 5.74) is 0.976. The van der Waals surface area contributed by atoms with E-state index in [4.69, 9.17) is 0 Å². The van der Waals surface area contributed by atoms with Crippen LogP contribution >= 0.6 is 0 Å². The van der Waals surface area contributed by atoms with Crippen LogP contribution in [0.3, 0.4) is 0 Å². The minimum atomic E-state index is 0.385. The molecule has 0 saturated carbocycles. The van der Waals surface area contributed by atoms with Gasteiger partial charge < -0.3 is 10.4 Å². The van der Waals surface area contributed by atoms with Crippen molar-refractivity contribution in [2.45, 2.75) is 32.7 Å². The van der Waals surface area contributed by atoms with Crippen LogP contribution in [-0.2, 0) is 6.54 Å². The molecule has 1 rings (SSSR count). The van der Waals surface area contributed by atoms with Crippen LogP contribution in [0.15, 0.2) is 24.3 Å². The molecule has 2 nitrogen and oxygen atoms in total. The van der Waals surface area contributed by atoms with Gasteiger partial charge in [-0.05, 0) is 19.0 Å². The summed E-state index contributed by atoms with van der Waals surface area (Å²) in [6.45, 7) is 3.99. The summed E-state index contributed by atoms with van der Waals surface area (Å²) in [6.07, 6.45) is 3.73. The number of unbranched alkanes of at least 4 members (excludes halogenated alkanes) is 2. The number of hydrogen-bond donors (Lipinski definition) is 2. The Hall–Kier alpha value is -1.02. The smallest absolute Gasteiger partial charge is 0.120 e. The fourth-order valence-corrected chi connectivity index (χ4v) is 1.38. The van der Waals surface area contributed by atoms with Crippen molar-refractivity contribution in [3.63, 3.8) is 0 Å². The molecule has 0 spiro atoms. The van der Waals surface area contributed by atoms with Crippen LogP contribution in [0.2, 0.25) is 0 Å². The maximum atomic E-state index is 9.47. The van der Waals surface area contributed by atoms with Crippen LogP contribution in [-0.4, -0.2) is 11.7 Å². The van der Waals surface area contributed by atoms with Crippen molar-refractivity contribution in [1.82, 2.24) is 5.32 Å². The number of hydrogen-bond acceptors (Lipinski definition) is 2. The number of benzene rings is 1. The molecule has 2 heteroatoms. The standard InChI is InChI=1S/C12H19NO/c1-2-3-6-9-13-10-11-7-4-5-8-12(11)14/h4-5,7-8,13-14H,2-3,6,9-10H2,1H3. The highest BCUT2D eigenvalue weighted by molar-refractivity contribution is 5.31. The Morgan fingerprint density at radius 2 is 2.00 bits per heavy atom. The Morgan fingerprint density at radius 1 is 1.21 bits per heavy atom. The molecule has 0 unspecified atom stereocenters. The summed E-state index contributed by atoms with van der Waals surface area (Å²) in [5, 5.41) is 12.8. The fraction of sp³-hybridized carbons (Fsp3) is 0.500. The topological polar surface area (TPSA) is 32.3 Å². The van der Waals surface area contributed by atoms with Crippen LogP contribution in [0.5, 0.6) is 5.75 Å². The second-order valence-electron chi connectivity index (χ2n) is 3.51. The zero-order valence-electron chi connectivity index (χ0n) is 8.79. The predicted molar refractivity (Wildman–Crippen MR) is 59.3 cm³/mol. The van der Waals surface area contributed by atoms with Gasteiger partial charge in [0.2, 0.25) is 0 Å². The molecule has 0 fully saturated rings. The van der Waals surface area contributed by atoms with Gasteiger partial charge in [0.25, 0.3) is 0 Å². The molecule has 0 aliphatic carbocycles. The van der Waals surface area contributed by atoms with Crippen molar-refractivity contribution < 1.29 is 5.11 Å². The second-order valence-corrected chi connectivity index (χ2v) is 3.51. The molecule has 1 aromatic rings. The number of phenolic OH excluding ortho intramolecular Hbond substituents is 1. The van der Waals surface area contributed by atoms with Crippen LogP contribution in [0.4, 0.5) is 0 Å². The van der Waals surface area contributed by atoms with Gasteiger partial charge in [0.15, 0.2) is 0 Å². The van der Waals surface area contributed by atoms with Gasteiger partial charge in [-0.25, -0.2) is 0 Å². The summed E-state index contributed by atoms with van der Waals surface area (Å²) in [7, 11) is 0. The summed E-state index contributed by atoms with van der Waals surface area (Å²) < 4.78 is 0.